The smallest absolute Gasteiger partial charge is 0.242 e. The van der Waals surface area contributed by atoms with Crippen LogP contribution in [0.4, 0.5) is 5.69 Å². The number of para-hydroxylation sites is 1. The minimum atomic E-state index is -0.357. The average Bonchev–Trinajstić information content (AvgIpc) is 2.95. The molecule has 3 rings (SSSR count). The highest BCUT2D eigenvalue weighted by Crippen LogP contribution is 2.23. The van der Waals surface area contributed by atoms with Crippen LogP contribution < -0.4 is 10.6 Å². The maximum Gasteiger partial charge on any atom is 0.242 e. The van der Waals surface area contributed by atoms with Crippen molar-refractivity contribution in [2.45, 2.75) is 33.4 Å². The highest BCUT2D eigenvalue weighted by Gasteiger charge is 2.18. The van der Waals surface area contributed by atoms with Crippen molar-refractivity contribution >= 4 is 11.6 Å². The Balaban J connectivity index is 1.68. The topological polar surface area (TPSA) is 59.0 Å². The van der Waals surface area contributed by atoms with Gasteiger partial charge in [-0.05, 0) is 38.5 Å². The summed E-state index contributed by atoms with van der Waals surface area (Å²) in [6.45, 7) is 6.33. The second-order valence-corrected chi connectivity index (χ2v) is 6.36. The number of nitrogens with one attached hydrogen (secondary N) is 2. The first-order chi connectivity index (χ1) is 12.6. The van der Waals surface area contributed by atoms with Gasteiger partial charge in [-0.25, -0.2) is 4.68 Å². The molecule has 2 N–H and O–H groups in total. The molecule has 0 spiro atoms. The molecule has 134 valence electrons. The third-order valence-corrected chi connectivity index (χ3v) is 4.36. The molecule has 1 heterocycles. The van der Waals surface area contributed by atoms with E-state index in [1.807, 2.05) is 86.1 Å². The molecule has 26 heavy (non-hydrogen) atoms. The van der Waals surface area contributed by atoms with Gasteiger partial charge >= 0.3 is 0 Å². The lowest BCUT2D eigenvalue weighted by atomic mass is 10.2. The van der Waals surface area contributed by atoms with E-state index >= 15 is 0 Å². The van der Waals surface area contributed by atoms with E-state index in [1.54, 1.807) is 0 Å². The molecule has 2 aromatic carbocycles. The van der Waals surface area contributed by atoms with E-state index in [0.29, 0.717) is 6.54 Å². The fourth-order valence-corrected chi connectivity index (χ4v) is 2.89. The Morgan fingerprint density at radius 1 is 1.04 bits per heavy atom. The predicted octanol–water partition coefficient (Wildman–Crippen LogP) is 3.61. The van der Waals surface area contributed by atoms with E-state index in [0.717, 1.165) is 28.3 Å². The summed E-state index contributed by atoms with van der Waals surface area (Å²) in [6, 6.07) is 19.5. The Hall–Kier alpha value is -3.08. The summed E-state index contributed by atoms with van der Waals surface area (Å²) in [7, 11) is 0. The fraction of sp³-hybridized carbons (Fsp3) is 0.238. The van der Waals surface area contributed by atoms with Gasteiger partial charge in [0.05, 0.1) is 22.8 Å². The average molecular weight is 348 g/mol. The molecule has 1 amide bonds. The summed E-state index contributed by atoms with van der Waals surface area (Å²) in [6.07, 6.45) is 0. The van der Waals surface area contributed by atoms with Gasteiger partial charge in [-0.3, -0.25) is 4.79 Å². The summed E-state index contributed by atoms with van der Waals surface area (Å²) in [5.41, 5.74) is 4.83. The molecule has 1 atom stereocenters. The van der Waals surface area contributed by atoms with Crippen LogP contribution in [0.25, 0.3) is 5.69 Å². The van der Waals surface area contributed by atoms with Crippen molar-refractivity contribution < 1.29 is 4.79 Å². The lowest BCUT2D eigenvalue weighted by Gasteiger charge is -2.16. The van der Waals surface area contributed by atoms with Crippen molar-refractivity contribution in [2.24, 2.45) is 0 Å². The van der Waals surface area contributed by atoms with E-state index in [-0.39, 0.29) is 11.9 Å². The van der Waals surface area contributed by atoms with Gasteiger partial charge in [-0.1, -0.05) is 48.5 Å². The first-order valence-corrected chi connectivity index (χ1v) is 8.76. The molecule has 1 unspecified atom stereocenters. The predicted molar refractivity (Wildman–Crippen MR) is 104 cm³/mol. The van der Waals surface area contributed by atoms with Crippen LogP contribution in [0.3, 0.4) is 0 Å². The quantitative estimate of drug-likeness (QED) is 0.715. The van der Waals surface area contributed by atoms with Gasteiger partial charge in [0, 0.05) is 6.54 Å². The van der Waals surface area contributed by atoms with E-state index < -0.39 is 0 Å². The van der Waals surface area contributed by atoms with Gasteiger partial charge in [0.2, 0.25) is 5.91 Å². The highest BCUT2D eigenvalue weighted by atomic mass is 16.2. The number of carbonyl (C=O) groups is 1. The SMILES string of the molecule is Cc1nn(-c2ccccc2)c(C)c1NC(C)C(=O)NCc1ccccc1. The molecule has 0 radical (unpaired) electrons. The zero-order chi connectivity index (χ0) is 18.5. The van der Waals surface area contributed by atoms with Gasteiger partial charge in [0.15, 0.2) is 0 Å². The van der Waals surface area contributed by atoms with Crippen LogP contribution in [-0.2, 0) is 11.3 Å². The van der Waals surface area contributed by atoms with E-state index in [9.17, 15) is 4.79 Å². The van der Waals surface area contributed by atoms with Crippen molar-refractivity contribution in [3.8, 4) is 5.69 Å². The Kier molecular flexibility index (Phi) is 5.37. The summed E-state index contributed by atoms with van der Waals surface area (Å²) < 4.78 is 1.90. The molecule has 0 aliphatic rings. The largest absolute Gasteiger partial charge is 0.371 e. The van der Waals surface area contributed by atoms with Crippen molar-refractivity contribution in [3.05, 3.63) is 77.6 Å². The van der Waals surface area contributed by atoms with Gasteiger partial charge in [0.1, 0.15) is 6.04 Å². The first kappa shape index (κ1) is 17.7. The highest BCUT2D eigenvalue weighted by molar-refractivity contribution is 5.84. The van der Waals surface area contributed by atoms with Gasteiger partial charge in [-0.15, -0.1) is 0 Å². The fourth-order valence-electron chi connectivity index (χ4n) is 2.89. The maximum absolute atomic E-state index is 12.4. The number of rotatable bonds is 6. The molecule has 5 nitrogen and oxygen atoms in total. The van der Waals surface area contributed by atoms with E-state index in [4.69, 9.17) is 0 Å². The lowest BCUT2D eigenvalue weighted by Crippen LogP contribution is -2.37. The van der Waals surface area contributed by atoms with Crippen LogP contribution in [0.1, 0.15) is 23.9 Å². The number of anilines is 1. The monoisotopic (exact) mass is 348 g/mol. The van der Waals surface area contributed by atoms with Crippen molar-refractivity contribution in [1.29, 1.82) is 0 Å². The summed E-state index contributed by atoms with van der Waals surface area (Å²) in [5, 5.41) is 10.9. The molecule has 0 saturated heterocycles. The summed E-state index contributed by atoms with van der Waals surface area (Å²) >= 11 is 0. The third kappa shape index (κ3) is 3.94. The van der Waals surface area contributed by atoms with Crippen LogP contribution >= 0.6 is 0 Å². The van der Waals surface area contributed by atoms with Crippen LogP contribution in [0, 0.1) is 13.8 Å². The van der Waals surface area contributed by atoms with E-state index in [1.165, 1.54) is 0 Å². The number of aromatic nitrogens is 2. The van der Waals surface area contributed by atoms with Crippen molar-refractivity contribution in [3.63, 3.8) is 0 Å². The summed E-state index contributed by atoms with van der Waals surface area (Å²) in [5.74, 6) is -0.0416. The number of benzene rings is 2. The Morgan fingerprint density at radius 2 is 1.65 bits per heavy atom. The molecule has 0 fully saturated rings. The maximum atomic E-state index is 12.4. The molecule has 1 aromatic heterocycles. The minimum absolute atomic E-state index is 0.0416. The molecule has 5 heteroatoms. The normalized spacial score (nSPS) is 11.8. The second-order valence-electron chi connectivity index (χ2n) is 6.36. The number of amides is 1. The Morgan fingerprint density at radius 3 is 2.31 bits per heavy atom. The van der Waals surface area contributed by atoms with Gasteiger partial charge in [0.25, 0.3) is 0 Å². The molecule has 3 aromatic rings. The van der Waals surface area contributed by atoms with Gasteiger partial charge < -0.3 is 10.6 Å². The van der Waals surface area contributed by atoms with Crippen LogP contribution in [0.15, 0.2) is 60.7 Å². The van der Waals surface area contributed by atoms with Crippen LogP contribution in [0.2, 0.25) is 0 Å². The molecular weight excluding hydrogens is 324 g/mol. The van der Waals surface area contributed by atoms with Crippen LogP contribution in [-0.4, -0.2) is 21.7 Å². The second kappa shape index (κ2) is 7.87. The zero-order valence-electron chi connectivity index (χ0n) is 15.4. The lowest BCUT2D eigenvalue weighted by molar-refractivity contribution is -0.121. The first-order valence-electron chi connectivity index (χ1n) is 8.76. The molecule has 0 saturated carbocycles. The Labute approximate surface area is 154 Å². The number of nitrogens with zero attached hydrogens (tertiary/aromatic N) is 2. The number of hydrogen-bond donors (Lipinski definition) is 2. The number of carbonyl (C=O) groups excluding carboxylic acids is 1. The minimum Gasteiger partial charge on any atom is -0.371 e. The Bertz CT molecular complexity index is 872. The van der Waals surface area contributed by atoms with Gasteiger partial charge in [-0.2, -0.15) is 5.10 Å². The standard InChI is InChI=1S/C21H24N4O/c1-15-20(17(3)25(24-15)19-12-8-5-9-13-19)23-16(2)21(26)22-14-18-10-6-4-7-11-18/h4-13,16,23H,14H2,1-3H3,(H,22,26). The molecule has 0 bridgehead atoms. The molecule has 0 aliphatic heterocycles. The third-order valence-electron chi connectivity index (χ3n) is 4.36. The summed E-state index contributed by atoms with van der Waals surface area (Å²) in [4.78, 5) is 12.4. The molecule has 0 aliphatic carbocycles. The number of aryl methyl sites for hydroxylation is 1. The molecular formula is C21H24N4O. The van der Waals surface area contributed by atoms with Crippen molar-refractivity contribution in [2.75, 3.05) is 5.32 Å². The zero-order valence-corrected chi connectivity index (χ0v) is 15.4. The van der Waals surface area contributed by atoms with Crippen LogP contribution in [0.5, 0.6) is 0 Å². The van der Waals surface area contributed by atoms with E-state index in [2.05, 4.69) is 15.7 Å². The number of hydrogen-bond acceptors (Lipinski definition) is 3. The van der Waals surface area contributed by atoms with Crippen molar-refractivity contribution in [1.82, 2.24) is 15.1 Å².